The van der Waals surface area contributed by atoms with Gasteiger partial charge in [-0.05, 0) is 6.42 Å². The normalized spacial score (nSPS) is 10.5. The molecule has 0 aliphatic heterocycles. The van der Waals surface area contributed by atoms with Crippen molar-refractivity contribution in [2.24, 2.45) is 0 Å². The van der Waals surface area contributed by atoms with E-state index in [2.05, 4.69) is 9.97 Å². The molecule has 0 aliphatic carbocycles. The van der Waals surface area contributed by atoms with E-state index in [1.54, 1.807) is 12.5 Å². The predicted octanol–water partition coefficient (Wildman–Crippen LogP) is 2.37. The van der Waals surface area contributed by atoms with Crippen LogP contribution in [0.25, 0.3) is 0 Å². The predicted molar refractivity (Wildman–Crippen MR) is 76.0 cm³/mol. The van der Waals surface area contributed by atoms with Crippen molar-refractivity contribution in [3.8, 4) is 0 Å². The average Bonchev–Trinajstić information content (AvgIpc) is 2.91. The summed E-state index contributed by atoms with van der Waals surface area (Å²) in [5, 5.41) is 10.9. The maximum atomic E-state index is 10.6. The number of anilines is 1. The lowest BCUT2D eigenvalue weighted by molar-refractivity contribution is -0.385. The number of aromatic nitrogens is 3. The van der Waals surface area contributed by atoms with Gasteiger partial charge < -0.3 is 9.47 Å². The molecule has 0 aliphatic rings. The molecule has 2 rings (SSSR count). The van der Waals surface area contributed by atoms with Gasteiger partial charge in [-0.25, -0.2) is 9.97 Å². The number of pyridine rings is 1. The van der Waals surface area contributed by atoms with E-state index in [1.165, 1.54) is 12.3 Å². The molecular formula is C12H14ClN5O2. The number of rotatable bonds is 6. The van der Waals surface area contributed by atoms with Crippen LogP contribution >= 0.6 is 11.6 Å². The zero-order valence-corrected chi connectivity index (χ0v) is 11.7. The van der Waals surface area contributed by atoms with Crippen LogP contribution in [0.4, 0.5) is 11.5 Å². The van der Waals surface area contributed by atoms with Gasteiger partial charge in [0.15, 0.2) is 0 Å². The monoisotopic (exact) mass is 295 g/mol. The summed E-state index contributed by atoms with van der Waals surface area (Å²) in [6.45, 7) is 1.58. The first-order chi connectivity index (χ1) is 9.58. The van der Waals surface area contributed by atoms with E-state index in [-0.39, 0.29) is 10.7 Å². The smallest absolute Gasteiger partial charge is 0.289 e. The summed E-state index contributed by atoms with van der Waals surface area (Å²) in [7, 11) is 1.86. The number of halogens is 1. The van der Waals surface area contributed by atoms with Crippen LogP contribution in [0.3, 0.4) is 0 Å². The Kier molecular flexibility index (Phi) is 4.52. The molecule has 8 heteroatoms. The highest BCUT2D eigenvalue weighted by atomic mass is 35.5. The molecule has 20 heavy (non-hydrogen) atoms. The molecule has 2 aromatic heterocycles. The number of nitrogens with zero attached hydrogens (tertiary/aromatic N) is 5. The van der Waals surface area contributed by atoms with Gasteiger partial charge >= 0.3 is 0 Å². The van der Waals surface area contributed by atoms with E-state index >= 15 is 0 Å². The number of hydrogen-bond donors (Lipinski definition) is 0. The van der Waals surface area contributed by atoms with Crippen LogP contribution in [0.2, 0.25) is 5.02 Å². The molecule has 0 saturated heterocycles. The fourth-order valence-electron chi connectivity index (χ4n) is 1.82. The van der Waals surface area contributed by atoms with Gasteiger partial charge in [0, 0.05) is 38.6 Å². The Hall–Kier alpha value is -2.15. The third kappa shape index (κ3) is 3.45. The Bertz CT molecular complexity index is 588. The van der Waals surface area contributed by atoms with Crippen LogP contribution in [-0.2, 0) is 6.54 Å². The maximum Gasteiger partial charge on any atom is 0.289 e. The first-order valence-electron chi connectivity index (χ1n) is 6.04. The van der Waals surface area contributed by atoms with E-state index in [0.29, 0.717) is 5.82 Å². The van der Waals surface area contributed by atoms with Gasteiger partial charge in [-0.3, -0.25) is 10.1 Å². The topological polar surface area (TPSA) is 77.1 Å². The van der Waals surface area contributed by atoms with Crippen LogP contribution in [0, 0.1) is 10.1 Å². The molecule has 0 bridgehead atoms. The maximum absolute atomic E-state index is 10.6. The Morgan fingerprint density at radius 1 is 1.55 bits per heavy atom. The summed E-state index contributed by atoms with van der Waals surface area (Å²) in [6, 6.07) is 1.32. The molecule has 0 radical (unpaired) electrons. The van der Waals surface area contributed by atoms with Gasteiger partial charge in [0.2, 0.25) is 0 Å². The number of imidazole rings is 1. The Labute approximate surface area is 121 Å². The summed E-state index contributed by atoms with van der Waals surface area (Å²) >= 11 is 6.02. The molecule has 0 unspecified atom stereocenters. The zero-order valence-electron chi connectivity index (χ0n) is 10.9. The Morgan fingerprint density at radius 3 is 2.95 bits per heavy atom. The van der Waals surface area contributed by atoms with Gasteiger partial charge in [-0.2, -0.15) is 0 Å². The second-order valence-corrected chi connectivity index (χ2v) is 4.74. The first kappa shape index (κ1) is 14.3. The SMILES string of the molecule is CN(CCCn1ccnc1)c1ncc([N+](=O)[O-])cc1Cl. The standard InChI is InChI=1S/C12H14ClN5O2/c1-16(4-2-5-17-6-3-14-9-17)12-11(13)7-10(8-15-12)18(19)20/h3,6-9H,2,4-5H2,1H3. The van der Waals surface area contributed by atoms with E-state index in [4.69, 9.17) is 11.6 Å². The van der Waals surface area contributed by atoms with Crippen molar-refractivity contribution in [1.82, 2.24) is 14.5 Å². The van der Waals surface area contributed by atoms with E-state index in [0.717, 1.165) is 19.5 Å². The minimum absolute atomic E-state index is 0.106. The van der Waals surface area contributed by atoms with Crippen molar-refractivity contribution in [1.29, 1.82) is 0 Å². The van der Waals surface area contributed by atoms with Crippen molar-refractivity contribution in [3.63, 3.8) is 0 Å². The van der Waals surface area contributed by atoms with Gasteiger partial charge in [-0.15, -0.1) is 0 Å². The lowest BCUT2D eigenvalue weighted by Gasteiger charge is -2.19. The second kappa shape index (κ2) is 6.33. The molecule has 0 N–H and O–H groups in total. The third-order valence-electron chi connectivity index (χ3n) is 2.85. The highest BCUT2D eigenvalue weighted by Crippen LogP contribution is 2.26. The second-order valence-electron chi connectivity index (χ2n) is 4.33. The van der Waals surface area contributed by atoms with Crippen molar-refractivity contribution >= 4 is 23.1 Å². The molecule has 0 atom stereocenters. The van der Waals surface area contributed by atoms with Gasteiger partial charge in [0.05, 0.1) is 16.3 Å². The fourth-order valence-corrected chi connectivity index (χ4v) is 2.12. The molecule has 106 valence electrons. The van der Waals surface area contributed by atoms with E-state index in [9.17, 15) is 10.1 Å². The zero-order chi connectivity index (χ0) is 14.5. The highest BCUT2D eigenvalue weighted by molar-refractivity contribution is 6.33. The molecular weight excluding hydrogens is 282 g/mol. The Morgan fingerprint density at radius 2 is 2.35 bits per heavy atom. The molecule has 2 aromatic rings. The van der Waals surface area contributed by atoms with Crippen LogP contribution < -0.4 is 4.90 Å². The minimum Gasteiger partial charge on any atom is -0.358 e. The molecule has 0 saturated carbocycles. The quantitative estimate of drug-likeness (QED) is 0.604. The van der Waals surface area contributed by atoms with Crippen molar-refractivity contribution in [2.45, 2.75) is 13.0 Å². The summed E-state index contributed by atoms with van der Waals surface area (Å²) in [5.41, 5.74) is -0.106. The number of hydrogen-bond acceptors (Lipinski definition) is 5. The van der Waals surface area contributed by atoms with Crippen LogP contribution in [0.1, 0.15) is 6.42 Å². The summed E-state index contributed by atoms with van der Waals surface area (Å²) in [6.07, 6.45) is 7.50. The molecule has 7 nitrogen and oxygen atoms in total. The average molecular weight is 296 g/mol. The van der Waals surface area contributed by atoms with Gasteiger partial charge in [0.25, 0.3) is 5.69 Å². The third-order valence-corrected chi connectivity index (χ3v) is 3.13. The number of nitro groups is 1. The summed E-state index contributed by atoms with van der Waals surface area (Å²) < 4.78 is 1.98. The summed E-state index contributed by atoms with van der Waals surface area (Å²) in [5.74, 6) is 0.544. The molecule has 0 fully saturated rings. The molecule has 0 aromatic carbocycles. The van der Waals surface area contributed by atoms with E-state index in [1.807, 2.05) is 22.7 Å². The van der Waals surface area contributed by atoms with Crippen molar-refractivity contribution < 1.29 is 4.92 Å². The van der Waals surface area contributed by atoms with Crippen LogP contribution in [-0.4, -0.2) is 33.1 Å². The van der Waals surface area contributed by atoms with E-state index < -0.39 is 4.92 Å². The Balaban J connectivity index is 1.95. The molecule has 0 spiro atoms. The van der Waals surface area contributed by atoms with Crippen LogP contribution in [0.5, 0.6) is 0 Å². The molecule has 2 heterocycles. The highest BCUT2D eigenvalue weighted by Gasteiger charge is 2.13. The van der Waals surface area contributed by atoms with Gasteiger partial charge in [0.1, 0.15) is 12.0 Å². The van der Waals surface area contributed by atoms with Crippen molar-refractivity contribution in [3.05, 3.63) is 46.1 Å². The first-order valence-corrected chi connectivity index (χ1v) is 6.42. The number of aryl methyl sites for hydroxylation is 1. The largest absolute Gasteiger partial charge is 0.358 e. The molecule has 0 amide bonds. The van der Waals surface area contributed by atoms with Gasteiger partial charge in [-0.1, -0.05) is 11.6 Å². The lowest BCUT2D eigenvalue weighted by atomic mass is 10.3. The van der Waals surface area contributed by atoms with Crippen LogP contribution in [0.15, 0.2) is 31.0 Å². The lowest BCUT2D eigenvalue weighted by Crippen LogP contribution is -2.21. The van der Waals surface area contributed by atoms with Crippen molar-refractivity contribution in [2.75, 3.05) is 18.5 Å². The minimum atomic E-state index is -0.512. The summed E-state index contributed by atoms with van der Waals surface area (Å²) in [4.78, 5) is 20.0. The fraction of sp³-hybridized carbons (Fsp3) is 0.333.